The second kappa shape index (κ2) is 5.95. The first kappa shape index (κ1) is 14.2. The molecular formula is C16H12O3S2. The lowest BCUT2D eigenvalue weighted by Crippen LogP contribution is -2.04. The molecule has 0 amide bonds. The first-order chi connectivity index (χ1) is 10.1. The number of Topliss-reactive ketones (excluding diaryl/α,β-unsaturated/α-hetero) is 1. The molecule has 0 saturated carbocycles. The molecule has 106 valence electrons. The largest absolute Gasteiger partial charge is 0.481 e. The summed E-state index contributed by atoms with van der Waals surface area (Å²) in [6, 6.07) is 13.8. The molecule has 0 fully saturated rings. The Morgan fingerprint density at radius 1 is 0.857 bits per heavy atom. The zero-order valence-electron chi connectivity index (χ0n) is 11.0. The van der Waals surface area contributed by atoms with Crippen molar-refractivity contribution < 1.29 is 14.7 Å². The molecular weight excluding hydrogens is 304 g/mol. The van der Waals surface area contributed by atoms with Crippen LogP contribution in [-0.2, 0) is 4.79 Å². The third kappa shape index (κ3) is 3.14. The number of carboxylic acid groups (broad SMARTS) is 1. The SMILES string of the molecule is O=C(O)CCC(=O)c1ccc2c(c1)Sc1ccccc1S2. The minimum Gasteiger partial charge on any atom is -0.481 e. The summed E-state index contributed by atoms with van der Waals surface area (Å²) in [6.07, 6.45) is -0.0802. The van der Waals surface area contributed by atoms with Gasteiger partial charge in [0.2, 0.25) is 0 Å². The number of carbonyl (C=O) groups excluding carboxylic acids is 1. The first-order valence-electron chi connectivity index (χ1n) is 6.47. The number of benzene rings is 2. The summed E-state index contributed by atoms with van der Waals surface area (Å²) >= 11 is 3.34. The van der Waals surface area contributed by atoms with E-state index in [4.69, 9.17) is 5.11 Å². The molecule has 3 rings (SSSR count). The highest BCUT2D eigenvalue weighted by atomic mass is 32.2. The van der Waals surface area contributed by atoms with Crippen molar-refractivity contribution in [1.29, 1.82) is 0 Å². The molecule has 3 nitrogen and oxygen atoms in total. The number of ketones is 1. The van der Waals surface area contributed by atoms with Crippen LogP contribution in [0.2, 0.25) is 0 Å². The van der Waals surface area contributed by atoms with Gasteiger partial charge in [-0.25, -0.2) is 0 Å². The number of carbonyl (C=O) groups is 2. The Labute approximate surface area is 130 Å². The summed E-state index contributed by atoms with van der Waals surface area (Å²) in [6.45, 7) is 0. The molecule has 2 aromatic carbocycles. The van der Waals surface area contributed by atoms with Gasteiger partial charge in [0.15, 0.2) is 5.78 Å². The maximum atomic E-state index is 12.0. The van der Waals surface area contributed by atoms with Gasteiger partial charge in [0.05, 0.1) is 6.42 Å². The normalized spacial score (nSPS) is 12.4. The van der Waals surface area contributed by atoms with Crippen LogP contribution in [0, 0.1) is 0 Å². The van der Waals surface area contributed by atoms with Crippen LogP contribution in [0.15, 0.2) is 62.0 Å². The van der Waals surface area contributed by atoms with Gasteiger partial charge in [-0.05, 0) is 24.3 Å². The molecule has 21 heavy (non-hydrogen) atoms. The standard InChI is InChI=1S/C16H12O3S2/c17-11(6-8-16(18)19)10-5-7-14-15(9-10)21-13-4-2-1-3-12(13)20-14/h1-5,7,9H,6,8H2,(H,18,19). The maximum Gasteiger partial charge on any atom is 0.303 e. The molecule has 1 aliphatic rings. The summed E-state index contributed by atoms with van der Waals surface area (Å²) in [5.74, 6) is -1.06. The van der Waals surface area contributed by atoms with E-state index in [0.29, 0.717) is 5.56 Å². The zero-order valence-corrected chi connectivity index (χ0v) is 12.7. The van der Waals surface area contributed by atoms with E-state index in [1.54, 1.807) is 29.6 Å². The van der Waals surface area contributed by atoms with Gasteiger partial charge in [0.1, 0.15) is 0 Å². The Morgan fingerprint density at radius 2 is 1.48 bits per heavy atom. The van der Waals surface area contributed by atoms with Crippen molar-refractivity contribution in [3.63, 3.8) is 0 Å². The maximum absolute atomic E-state index is 12.0. The van der Waals surface area contributed by atoms with E-state index in [2.05, 4.69) is 12.1 Å². The van der Waals surface area contributed by atoms with Gasteiger partial charge in [0, 0.05) is 31.6 Å². The van der Waals surface area contributed by atoms with Crippen LogP contribution in [0.4, 0.5) is 0 Å². The van der Waals surface area contributed by atoms with E-state index in [0.717, 1.165) is 9.79 Å². The van der Waals surface area contributed by atoms with Crippen LogP contribution in [0.1, 0.15) is 23.2 Å². The van der Waals surface area contributed by atoms with E-state index < -0.39 is 5.97 Å². The van der Waals surface area contributed by atoms with Crippen molar-refractivity contribution in [2.75, 3.05) is 0 Å². The number of rotatable bonds is 4. The average molecular weight is 316 g/mol. The zero-order chi connectivity index (χ0) is 14.8. The Hall–Kier alpha value is -1.72. The van der Waals surface area contributed by atoms with E-state index in [1.165, 1.54) is 9.79 Å². The monoisotopic (exact) mass is 316 g/mol. The van der Waals surface area contributed by atoms with Crippen LogP contribution in [0.3, 0.4) is 0 Å². The molecule has 1 heterocycles. The number of hydrogen-bond donors (Lipinski definition) is 1. The van der Waals surface area contributed by atoms with Crippen LogP contribution >= 0.6 is 23.5 Å². The third-order valence-corrected chi connectivity index (χ3v) is 5.66. The van der Waals surface area contributed by atoms with Gasteiger partial charge < -0.3 is 5.11 Å². The van der Waals surface area contributed by atoms with Crippen molar-refractivity contribution in [2.24, 2.45) is 0 Å². The predicted molar refractivity (Wildman–Crippen MR) is 82.3 cm³/mol. The second-order valence-electron chi connectivity index (χ2n) is 4.63. The fraction of sp³-hybridized carbons (Fsp3) is 0.125. The van der Waals surface area contributed by atoms with Gasteiger partial charge in [0.25, 0.3) is 0 Å². The Morgan fingerprint density at radius 3 is 2.14 bits per heavy atom. The quantitative estimate of drug-likeness (QED) is 0.725. The van der Waals surface area contributed by atoms with Gasteiger partial charge >= 0.3 is 5.97 Å². The summed E-state index contributed by atoms with van der Waals surface area (Å²) in [4.78, 5) is 27.1. The number of carboxylic acids is 1. The van der Waals surface area contributed by atoms with Crippen molar-refractivity contribution in [2.45, 2.75) is 32.4 Å². The van der Waals surface area contributed by atoms with Crippen LogP contribution < -0.4 is 0 Å². The van der Waals surface area contributed by atoms with Crippen molar-refractivity contribution in [3.8, 4) is 0 Å². The molecule has 0 aromatic heterocycles. The third-order valence-electron chi connectivity index (χ3n) is 3.12. The predicted octanol–water partition coefficient (Wildman–Crippen LogP) is 4.35. The Balaban J connectivity index is 1.83. The molecule has 0 aliphatic carbocycles. The van der Waals surface area contributed by atoms with E-state index in [9.17, 15) is 9.59 Å². The topological polar surface area (TPSA) is 54.4 Å². The van der Waals surface area contributed by atoms with Crippen molar-refractivity contribution >= 4 is 35.3 Å². The van der Waals surface area contributed by atoms with Crippen molar-refractivity contribution in [3.05, 3.63) is 48.0 Å². The highest BCUT2D eigenvalue weighted by molar-refractivity contribution is 8.05. The summed E-state index contributed by atoms with van der Waals surface area (Å²) in [7, 11) is 0. The van der Waals surface area contributed by atoms with Crippen LogP contribution in [0.5, 0.6) is 0 Å². The Bertz CT molecular complexity index is 725. The van der Waals surface area contributed by atoms with Crippen LogP contribution in [0.25, 0.3) is 0 Å². The highest BCUT2D eigenvalue weighted by Gasteiger charge is 2.18. The van der Waals surface area contributed by atoms with Crippen molar-refractivity contribution in [1.82, 2.24) is 0 Å². The smallest absolute Gasteiger partial charge is 0.303 e. The average Bonchev–Trinajstić information content (AvgIpc) is 2.50. The molecule has 0 atom stereocenters. The molecule has 0 saturated heterocycles. The van der Waals surface area contributed by atoms with Gasteiger partial charge in [-0.1, -0.05) is 41.7 Å². The molecule has 0 unspecified atom stereocenters. The van der Waals surface area contributed by atoms with Gasteiger partial charge in [-0.2, -0.15) is 0 Å². The van der Waals surface area contributed by atoms with Gasteiger partial charge in [-0.15, -0.1) is 0 Å². The summed E-state index contributed by atoms with van der Waals surface area (Å²) in [5, 5.41) is 8.65. The molecule has 1 aliphatic heterocycles. The molecule has 0 bridgehead atoms. The molecule has 1 N–H and O–H groups in total. The number of fused-ring (bicyclic) bond motifs is 2. The first-order valence-corrected chi connectivity index (χ1v) is 8.10. The van der Waals surface area contributed by atoms with E-state index in [-0.39, 0.29) is 18.6 Å². The summed E-state index contributed by atoms with van der Waals surface area (Å²) < 4.78 is 0. The Kier molecular flexibility index (Phi) is 4.03. The molecule has 5 heteroatoms. The number of hydrogen-bond acceptors (Lipinski definition) is 4. The lowest BCUT2D eigenvalue weighted by molar-refractivity contribution is -0.136. The van der Waals surface area contributed by atoms with Gasteiger partial charge in [-0.3, -0.25) is 9.59 Å². The minimum atomic E-state index is -0.944. The van der Waals surface area contributed by atoms with E-state index >= 15 is 0 Å². The van der Waals surface area contributed by atoms with E-state index in [1.807, 2.05) is 24.3 Å². The lowest BCUT2D eigenvalue weighted by Gasteiger charge is -2.18. The van der Waals surface area contributed by atoms with Crippen LogP contribution in [-0.4, -0.2) is 16.9 Å². The molecule has 2 aromatic rings. The molecule has 0 radical (unpaired) electrons. The second-order valence-corrected chi connectivity index (χ2v) is 6.80. The lowest BCUT2D eigenvalue weighted by atomic mass is 10.1. The fourth-order valence-corrected chi connectivity index (χ4v) is 4.32. The minimum absolute atomic E-state index is 0.0442. The fourth-order valence-electron chi connectivity index (χ4n) is 2.07. The highest BCUT2D eigenvalue weighted by Crippen LogP contribution is 2.48. The molecule has 0 spiro atoms. The summed E-state index contributed by atoms with van der Waals surface area (Å²) in [5.41, 5.74) is 0.586. The number of aliphatic carboxylic acids is 1.